The van der Waals surface area contributed by atoms with Crippen LogP contribution in [0, 0.1) is 11.8 Å². The molecule has 1 aliphatic carbocycles. The molecular weight excluding hydrogens is 279 g/mol. The molecule has 0 aromatic heterocycles. The predicted octanol–water partition coefficient (Wildman–Crippen LogP) is 6.03. The number of hydrogen-bond acceptors (Lipinski definition) is 0. The van der Waals surface area contributed by atoms with Gasteiger partial charge < -0.3 is 0 Å². The van der Waals surface area contributed by atoms with Crippen molar-refractivity contribution in [3.8, 4) is 0 Å². The van der Waals surface area contributed by atoms with E-state index < -0.39 is 6.00 Å². The van der Waals surface area contributed by atoms with Gasteiger partial charge in [-0.25, -0.2) is 0 Å². The van der Waals surface area contributed by atoms with Gasteiger partial charge in [0.15, 0.2) is 0 Å². The fourth-order valence-electron chi connectivity index (χ4n) is 3.31. The Morgan fingerprint density at radius 2 is 1.38 bits per heavy atom. The molecule has 0 amide bonds. The van der Waals surface area contributed by atoms with E-state index in [4.69, 9.17) is 33.2 Å². The maximum absolute atomic E-state index is 6.34. The minimum atomic E-state index is -2.54. The maximum Gasteiger partial charge on any atom is 0.344 e. The molecule has 0 spiro atoms. The number of halogens is 3. The zero-order valence-electron chi connectivity index (χ0n) is 10.3. The fraction of sp³-hybridized carbons (Fsp3) is 1.00. The molecule has 4 heteroatoms. The van der Waals surface area contributed by atoms with E-state index in [1.54, 1.807) is 0 Å². The highest BCUT2D eigenvalue weighted by Gasteiger charge is 2.47. The van der Waals surface area contributed by atoms with Crippen molar-refractivity contribution in [2.75, 3.05) is 0 Å². The van der Waals surface area contributed by atoms with Crippen molar-refractivity contribution in [2.45, 2.75) is 64.3 Å². The van der Waals surface area contributed by atoms with Gasteiger partial charge in [0.25, 0.3) is 0 Å². The summed E-state index contributed by atoms with van der Waals surface area (Å²) in [5, 5.41) is 0. The summed E-state index contributed by atoms with van der Waals surface area (Å²) in [5.41, 5.74) is 0.408. The molecule has 0 aromatic rings. The summed E-state index contributed by atoms with van der Waals surface area (Å²) in [6.45, 7) is 4.47. The Balaban J connectivity index is 2.76. The van der Waals surface area contributed by atoms with Gasteiger partial charge in [0.05, 0.1) is 0 Å². The maximum atomic E-state index is 6.34. The highest BCUT2D eigenvalue weighted by molar-refractivity contribution is 7.65. The van der Waals surface area contributed by atoms with Crippen LogP contribution in [0.4, 0.5) is 0 Å². The van der Waals surface area contributed by atoms with E-state index in [9.17, 15) is 0 Å². The molecule has 16 heavy (non-hydrogen) atoms. The van der Waals surface area contributed by atoms with Crippen LogP contribution in [0.1, 0.15) is 58.8 Å². The van der Waals surface area contributed by atoms with Crippen LogP contribution in [-0.2, 0) is 0 Å². The van der Waals surface area contributed by atoms with Crippen molar-refractivity contribution in [2.24, 2.45) is 11.8 Å². The average Bonchev–Trinajstić information content (AvgIpc) is 2.17. The van der Waals surface area contributed by atoms with Crippen LogP contribution in [-0.4, -0.2) is 6.00 Å². The van der Waals surface area contributed by atoms with Gasteiger partial charge in [-0.05, 0) is 11.8 Å². The zero-order valence-corrected chi connectivity index (χ0v) is 13.6. The van der Waals surface area contributed by atoms with Crippen LogP contribution in [0.5, 0.6) is 0 Å². The number of hydrogen-bond donors (Lipinski definition) is 0. The Labute approximate surface area is 115 Å². The summed E-state index contributed by atoms with van der Waals surface area (Å²) < 4.78 is 0. The third-order valence-electron chi connectivity index (χ3n) is 3.86. The summed E-state index contributed by atoms with van der Waals surface area (Å²) in [7, 11) is 0. The van der Waals surface area contributed by atoms with Gasteiger partial charge in [-0.1, -0.05) is 58.8 Å². The van der Waals surface area contributed by atoms with Gasteiger partial charge in [0.2, 0.25) is 0 Å². The lowest BCUT2D eigenvalue weighted by Crippen LogP contribution is -2.36. The highest BCUT2D eigenvalue weighted by atomic mass is 35.8. The lowest BCUT2D eigenvalue weighted by atomic mass is 9.77. The molecule has 0 radical (unpaired) electrons. The van der Waals surface area contributed by atoms with Gasteiger partial charge in [0.1, 0.15) is 0 Å². The van der Waals surface area contributed by atoms with E-state index >= 15 is 0 Å². The molecule has 0 aliphatic heterocycles. The van der Waals surface area contributed by atoms with Crippen molar-refractivity contribution in [1.29, 1.82) is 0 Å². The van der Waals surface area contributed by atoms with E-state index in [1.165, 1.54) is 44.9 Å². The zero-order chi connectivity index (χ0) is 12.2. The molecule has 2 atom stereocenters. The second-order valence-corrected chi connectivity index (χ2v) is 14.0. The van der Waals surface area contributed by atoms with Crippen molar-refractivity contribution in [3.05, 3.63) is 0 Å². The van der Waals surface area contributed by atoms with Crippen LogP contribution in [0.25, 0.3) is 0 Å². The van der Waals surface area contributed by atoms with Gasteiger partial charge in [-0.15, -0.1) is 33.2 Å². The normalized spacial score (nSPS) is 31.7. The second-order valence-electron chi connectivity index (χ2n) is 5.10. The Bertz CT molecular complexity index is 185. The summed E-state index contributed by atoms with van der Waals surface area (Å²) in [6.07, 6.45) is 8.81. The number of rotatable bonds is 5. The standard InChI is InChI=1S/C12H23Cl3Si/c1-3-6-10-8-5-9-11(7-4-2)12(10)16(13,14)15/h10-12H,3-9H2,1-2H3. The van der Waals surface area contributed by atoms with Crippen LogP contribution in [0.15, 0.2) is 0 Å². The van der Waals surface area contributed by atoms with Crippen LogP contribution in [0.2, 0.25) is 5.54 Å². The van der Waals surface area contributed by atoms with Crippen LogP contribution >= 0.6 is 33.2 Å². The summed E-state index contributed by atoms with van der Waals surface area (Å²) in [6, 6.07) is -2.54. The first-order valence-corrected chi connectivity index (χ1v) is 11.7. The molecular formula is C12H23Cl3Si. The molecule has 1 fully saturated rings. The molecule has 0 bridgehead atoms. The molecule has 2 unspecified atom stereocenters. The van der Waals surface area contributed by atoms with E-state index in [2.05, 4.69) is 13.8 Å². The molecule has 1 aliphatic rings. The minimum absolute atomic E-state index is 0.408. The molecule has 0 heterocycles. The lowest BCUT2D eigenvalue weighted by molar-refractivity contribution is 0.240. The van der Waals surface area contributed by atoms with Crippen LogP contribution in [0.3, 0.4) is 0 Å². The van der Waals surface area contributed by atoms with Gasteiger partial charge >= 0.3 is 6.00 Å². The molecule has 0 saturated heterocycles. The van der Waals surface area contributed by atoms with E-state index in [0.29, 0.717) is 17.4 Å². The first-order valence-electron chi connectivity index (χ1n) is 6.57. The summed E-state index contributed by atoms with van der Waals surface area (Å²) >= 11 is 19.0. The first kappa shape index (κ1) is 15.1. The van der Waals surface area contributed by atoms with Crippen molar-refractivity contribution >= 4 is 39.2 Å². The van der Waals surface area contributed by atoms with E-state index in [-0.39, 0.29) is 0 Å². The smallest absolute Gasteiger partial charge is 0.126 e. The molecule has 0 N–H and O–H groups in total. The van der Waals surface area contributed by atoms with Gasteiger partial charge in [-0.3, -0.25) is 0 Å². The largest absolute Gasteiger partial charge is 0.344 e. The summed E-state index contributed by atoms with van der Waals surface area (Å²) in [4.78, 5) is 0. The first-order chi connectivity index (χ1) is 7.50. The minimum Gasteiger partial charge on any atom is -0.126 e. The Morgan fingerprint density at radius 1 is 0.938 bits per heavy atom. The third kappa shape index (κ3) is 4.08. The molecule has 96 valence electrons. The quantitative estimate of drug-likeness (QED) is 0.430. The Kier molecular flexibility index (Phi) is 6.50. The van der Waals surface area contributed by atoms with Crippen LogP contribution < -0.4 is 0 Å². The van der Waals surface area contributed by atoms with Crippen molar-refractivity contribution in [1.82, 2.24) is 0 Å². The fourth-order valence-corrected chi connectivity index (χ4v) is 8.25. The molecule has 0 nitrogen and oxygen atoms in total. The average molecular weight is 302 g/mol. The summed E-state index contributed by atoms with van der Waals surface area (Å²) in [5.74, 6) is 1.35. The van der Waals surface area contributed by atoms with Gasteiger partial charge in [-0.2, -0.15) is 0 Å². The predicted molar refractivity (Wildman–Crippen MR) is 77.7 cm³/mol. The second kappa shape index (κ2) is 6.87. The monoisotopic (exact) mass is 300 g/mol. The SMILES string of the molecule is CCCC1CCCC(CCC)C1[Si](Cl)(Cl)Cl. The van der Waals surface area contributed by atoms with E-state index in [1.807, 2.05) is 0 Å². The third-order valence-corrected chi connectivity index (χ3v) is 7.83. The Morgan fingerprint density at radius 3 is 1.69 bits per heavy atom. The van der Waals surface area contributed by atoms with Crippen molar-refractivity contribution in [3.63, 3.8) is 0 Å². The molecule has 1 saturated carbocycles. The van der Waals surface area contributed by atoms with E-state index in [0.717, 1.165) is 0 Å². The topological polar surface area (TPSA) is 0 Å². The Hall–Kier alpha value is 1.09. The van der Waals surface area contributed by atoms with Crippen molar-refractivity contribution < 1.29 is 0 Å². The van der Waals surface area contributed by atoms with Gasteiger partial charge in [0, 0.05) is 5.54 Å². The highest BCUT2D eigenvalue weighted by Crippen LogP contribution is 2.53. The lowest BCUT2D eigenvalue weighted by Gasteiger charge is -2.41. The molecule has 1 rings (SSSR count). The molecule has 0 aromatic carbocycles.